The minimum Gasteiger partial charge on any atom is -0.390 e. The number of amides is 7. The zero-order valence-electron chi connectivity index (χ0n) is 31.9. The number of rotatable bonds is 6. The number of likely N-dealkylation sites (N-methyl/N-ethyl adjacent to an activating group) is 4. The third-order valence-corrected chi connectivity index (χ3v) is 9.80. The van der Waals surface area contributed by atoms with Gasteiger partial charge < -0.3 is 40.7 Å². The summed E-state index contributed by atoms with van der Waals surface area (Å²) in [7, 11) is 5.68. The van der Waals surface area contributed by atoms with Gasteiger partial charge in [-0.05, 0) is 51.9 Å². The Balaban J connectivity index is 3.82. The molecule has 1 fully saturated rings. The summed E-state index contributed by atoms with van der Waals surface area (Å²) in [5.41, 5.74) is 0. The lowest BCUT2D eigenvalue weighted by molar-refractivity contribution is -0.150. The lowest BCUT2D eigenvalue weighted by atomic mass is 9.94. The van der Waals surface area contributed by atoms with Crippen molar-refractivity contribution < 1.29 is 38.7 Å². The summed E-state index contributed by atoms with van der Waals surface area (Å²) in [6.07, 6.45) is -0.620. The standard InChI is InChI=1S/C34H61N7O8/c1-15-19(6)25-34(49)40(13)23(10)33(48)41(14)24(16-17(2)3)29(44)35-20(7)31(46)39(12)22(9)32(47)38(11)21(8)28(43)37-26(30(45)36-25)27(42)18(4)5/h17-27,42H,15-16H2,1-14H3,(H,35,44)(H,36,45)(H,37,43)/t19-,20-,21+,22-,23-,24-,25+,26+,27+/m0/s1. The second-order valence-electron chi connectivity index (χ2n) is 14.3. The Morgan fingerprint density at radius 3 is 1.51 bits per heavy atom. The van der Waals surface area contributed by atoms with E-state index in [1.807, 2.05) is 20.8 Å². The molecule has 0 aromatic carbocycles. The van der Waals surface area contributed by atoms with Crippen molar-refractivity contribution in [2.24, 2.45) is 17.8 Å². The average Bonchev–Trinajstić information content (AvgIpc) is 3.06. The van der Waals surface area contributed by atoms with E-state index in [2.05, 4.69) is 16.0 Å². The van der Waals surface area contributed by atoms with Crippen molar-refractivity contribution in [3.8, 4) is 0 Å². The van der Waals surface area contributed by atoms with Crippen molar-refractivity contribution in [3.05, 3.63) is 0 Å². The summed E-state index contributed by atoms with van der Waals surface area (Å²) >= 11 is 0. The molecule has 1 aliphatic heterocycles. The Labute approximate surface area is 291 Å². The third-order valence-electron chi connectivity index (χ3n) is 9.80. The highest BCUT2D eigenvalue weighted by molar-refractivity contribution is 5.98. The highest BCUT2D eigenvalue weighted by Gasteiger charge is 2.41. The maximum atomic E-state index is 14.0. The minimum atomic E-state index is -1.49. The van der Waals surface area contributed by atoms with E-state index in [-0.39, 0.29) is 12.3 Å². The molecule has 0 spiro atoms. The molecule has 0 radical (unpaired) electrons. The quantitative estimate of drug-likeness (QED) is 0.298. The first-order chi connectivity index (χ1) is 22.5. The summed E-state index contributed by atoms with van der Waals surface area (Å²) in [5, 5.41) is 19.0. The van der Waals surface area contributed by atoms with Crippen molar-refractivity contribution in [1.29, 1.82) is 0 Å². The number of carbonyl (C=O) groups excluding carboxylic acids is 7. The Bertz CT molecular complexity index is 1230. The van der Waals surface area contributed by atoms with E-state index < -0.39 is 102 Å². The third kappa shape index (κ3) is 10.6. The van der Waals surface area contributed by atoms with Crippen LogP contribution in [0, 0.1) is 17.8 Å². The molecule has 0 saturated carbocycles. The van der Waals surface area contributed by atoms with E-state index in [9.17, 15) is 38.7 Å². The summed E-state index contributed by atoms with van der Waals surface area (Å²) < 4.78 is 0. The van der Waals surface area contributed by atoms with Crippen LogP contribution >= 0.6 is 0 Å². The molecule has 7 amide bonds. The molecule has 0 aromatic heterocycles. The summed E-state index contributed by atoms with van der Waals surface area (Å²) in [6.45, 7) is 16.6. The molecule has 49 heavy (non-hydrogen) atoms. The lowest BCUT2D eigenvalue weighted by Gasteiger charge is -2.36. The first-order valence-corrected chi connectivity index (χ1v) is 17.2. The van der Waals surface area contributed by atoms with Gasteiger partial charge in [-0.2, -0.15) is 0 Å². The lowest BCUT2D eigenvalue weighted by Crippen LogP contribution is -2.63. The molecule has 9 atom stereocenters. The van der Waals surface area contributed by atoms with Crippen molar-refractivity contribution in [2.45, 2.75) is 130 Å². The SMILES string of the molecule is CC[C@H](C)[C@H]1NC(=O)[C@@H]([C@H](O)C(C)C)NC(=O)[C@@H](C)N(C)C(=O)[C@H](C)N(C)C(=O)[C@H](C)NC(=O)[C@H](CC(C)C)N(C)C(=O)[C@H](C)N(C)C1=O. The number of aliphatic hydroxyl groups is 1. The molecule has 0 bridgehead atoms. The smallest absolute Gasteiger partial charge is 0.245 e. The molecular weight excluding hydrogens is 634 g/mol. The fourth-order valence-electron chi connectivity index (χ4n) is 5.50. The monoisotopic (exact) mass is 695 g/mol. The predicted molar refractivity (Wildman–Crippen MR) is 184 cm³/mol. The van der Waals surface area contributed by atoms with Gasteiger partial charge in [0.15, 0.2) is 0 Å². The number of hydrogen-bond donors (Lipinski definition) is 4. The first-order valence-electron chi connectivity index (χ1n) is 17.2. The van der Waals surface area contributed by atoms with Gasteiger partial charge in [-0.25, -0.2) is 0 Å². The Kier molecular flexibility index (Phi) is 16.2. The Morgan fingerprint density at radius 1 is 0.592 bits per heavy atom. The van der Waals surface area contributed by atoms with Gasteiger partial charge in [0.25, 0.3) is 0 Å². The number of aliphatic hydroxyl groups excluding tert-OH is 1. The molecular formula is C34H61N7O8. The predicted octanol–water partition coefficient (Wildman–Crippen LogP) is -0.0489. The van der Waals surface area contributed by atoms with E-state index >= 15 is 0 Å². The number of carbonyl (C=O) groups is 7. The molecule has 1 rings (SSSR count). The van der Waals surface area contributed by atoms with Crippen LogP contribution in [0.1, 0.15) is 82.1 Å². The second kappa shape index (κ2) is 18.3. The molecule has 0 unspecified atom stereocenters. The minimum absolute atomic E-state index is 0.0190. The van der Waals surface area contributed by atoms with E-state index in [0.29, 0.717) is 6.42 Å². The van der Waals surface area contributed by atoms with Crippen LogP contribution in [0.5, 0.6) is 0 Å². The van der Waals surface area contributed by atoms with Crippen molar-refractivity contribution in [1.82, 2.24) is 35.6 Å². The maximum absolute atomic E-state index is 14.0. The molecule has 15 nitrogen and oxygen atoms in total. The van der Waals surface area contributed by atoms with Crippen LogP contribution in [0.2, 0.25) is 0 Å². The van der Waals surface area contributed by atoms with Gasteiger partial charge in [-0.1, -0.05) is 48.0 Å². The number of nitrogens with zero attached hydrogens (tertiary/aromatic N) is 4. The first kappa shape index (κ1) is 43.3. The molecule has 1 saturated heterocycles. The van der Waals surface area contributed by atoms with Crippen molar-refractivity contribution in [2.75, 3.05) is 28.2 Å². The normalized spacial score (nSPS) is 29.5. The van der Waals surface area contributed by atoms with Crippen LogP contribution in [0.25, 0.3) is 0 Å². The van der Waals surface area contributed by atoms with Crippen LogP contribution < -0.4 is 16.0 Å². The molecule has 0 aromatic rings. The van der Waals surface area contributed by atoms with Crippen LogP contribution in [0.4, 0.5) is 0 Å². The maximum Gasteiger partial charge on any atom is 0.245 e. The van der Waals surface area contributed by atoms with E-state index in [1.165, 1.54) is 70.6 Å². The highest BCUT2D eigenvalue weighted by atomic mass is 16.3. The molecule has 280 valence electrons. The molecule has 4 N–H and O–H groups in total. The second-order valence-corrected chi connectivity index (χ2v) is 14.3. The van der Waals surface area contributed by atoms with Crippen molar-refractivity contribution in [3.63, 3.8) is 0 Å². The zero-order valence-corrected chi connectivity index (χ0v) is 31.9. The summed E-state index contributed by atoms with van der Waals surface area (Å²) in [5.74, 6) is -5.32. The highest BCUT2D eigenvalue weighted by Crippen LogP contribution is 2.18. The van der Waals surface area contributed by atoms with E-state index in [4.69, 9.17) is 0 Å². The van der Waals surface area contributed by atoms with Gasteiger partial charge in [-0.3, -0.25) is 33.6 Å². The number of hydrogen-bond acceptors (Lipinski definition) is 8. The van der Waals surface area contributed by atoms with E-state index in [0.717, 1.165) is 4.90 Å². The van der Waals surface area contributed by atoms with Gasteiger partial charge in [-0.15, -0.1) is 0 Å². The Hall–Kier alpha value is -3.75. The average molecular weight is 696 g/mol. The van der Waals surface area contributed by atoms with E-state index in [1.54, 1.807) is 20.8 Å². The fraction of sp³-hybridized carbons (Fsp3) is 0.794. The summed E-state index contributed by atoms with van der Waals surface area (Å²) in [4.78, 5) is 100. The van der Waals surface area contributed by atoms with Crippen LogP contribution in [0.15, 0.2) is 0 Å². The topological polar surface area (TPSA) is 189 Å². The van der Waals surface area contributed by atoms with Crippen LogP contribution in [-0.4, -0.2) is 143 Å². The van der Waals surface area contributed by atoms with Crippen LogP contribution in [-0.2, 0) is 33.6 Å². The number of nitrogens with one attached hydrogen (secondary N) is 3. The van der Waals surface area contributed by atoms with Crippen LogP contribution in [0.3, 0.4) is 0 Å². The van der Waals surface area contributed by atoms with Gasteiger partial charge in [0, 0.05) is 28.2 Å². The zero-order chi connectivity index (χ0) is 38.2. The Morgan fingerprint density at radius 2 is 1.04 bits per heavy atom. The largest absolute Gasteiger partial charge is 0.390 e. The van der Waals surface area contributed by atoms with Gasteiger partial charge in [0.05, 0.1) is 6.10 Å². The fourth-order valence-corrected chi connectivity index (χ4v) is 5.50. The van der Waals surface area contributed by atoms with Gasteiger partial charge >= 0.3 is 0 Å². The molecule has 0 aliphatic carbocycles. The molecule has 15 heteroatoms. The molecule has 1 aliphatic rings. The van der Waals surface area contributed by atoms with Gasteiger partial charge in [0.2, 0.25) is 41.4 Å². The van der Waals surface area contributed by atoms with Crippen molar-refractivity contribution >= 4 is 41.4 Å². The summed E-state index contributed by atoms with van der Waals surface area (Å²) in [6, 6.07) is -7.90. The molecule has 1 heterocycles. The van der Waals surface area contributed by atoms with Gasteiger partial charge in [0.1, 0.15) is 42.3 Å².